The van der Waals surface area contributed by atoms with E-state index in [0.29, 0.717) is 39.3 Å². The number of nitrogens with two attached hydrogens (primary N) is 4. The molecule has 0 saturated heterocycles. The molecular weight excluding hydrogens is 376 g/mol. The molecule has 0 aliphatic rings. The van der Waals surface area contributed by atoms with Crippen LogP contribution >= 0.6 is 0 Å². The molecule has 0 aromatic heterocycles. The van der Waals surface area contributed by atoms with E-state index >= 15 is 0 Å². The Morgan fingerprint density at radius 3 is 1.83 bits per heavy atom. The van der Waals surface area contributed by atoms with Crippen molar-refractivity contribution in [1.29, 1.82) is 0 Å². The monoisotopic (exact) mass is 396 g/mol. The number of fused-ring (bicyclic) bond motifs is 2. The SMILES string of the molecule is CC(=O)c1ccc2c3c(N)cc(N)c4cc(N)cc(c5c(N)cc(C(C)=O)c1c25)c43. The number of ketones is 2. The molecule has 0 heterocycles. The van der Waals surface area contributed by atoms with Crippen molar-refractivity contribution < 1.29 is 9.59 Å². The number of carbonyl (C=O) groups excluding carboxylic acids is 2. The fraction of sp³-hybridized carbons (Fsp3) is 0.0833. The Kier molecular flexibility index (Phi) is 3.44. The largest absolute Gasteiger partial charge is 0.399 e. The van der Waals surface area contributed by atoms with Crippen molar-refractivity contribution in [3.63, 3.8) is 0 Å². The van der Waals surface area contributed by atoms with Crippen molar-refractivity contribution in [3.05, 3.63) is 47.5 Å². The van der Waals surface area contributed by atoms with Gasteiger partial charge < -0.3 is 22.9 Å². The Labute approximate surface area is 171 Å². The molecule has 8 N–H and O–H groups in total. The number of Topliss-reactive ketones (excluding diaryl/α,β-unsaturated/α-hetero) is 2. The van der Waals surface area contributed by atoms with Gasteiger partial charge in [-0.2, -0.15) is 0 Å². The maximum absolute atomic E-state index is 12.5. The normalized spacial score (nSPS) is 11.8. The van der Waals surface area contributed by atoms with Crippen LogP contribution in [-0.2, 0) is 0 Å². The van der Waals surface area contributed by atoms with Crippen LogP contribution in [0.2, 0.25) is 0 Å². The number of hydrogen-bond donors (Lipinski definition) is 4. The van der Waals surface area contributed by atoms with Gasteiger partial charge in [0.2, 0.25) is 0 Å². The number of rotatable bonds is 2. The zero-order chi connectivity index (χ0) is 21.5. The third-order valence-corrected chi connectivity index (χ3v) is 5.93. The molecule has 0 atom stereocenters. The standard InChI is InChI=1S/C24H20N4O2/c1-9(29)12-3-4-13-22-19(28)8-17(26)15-5-11(25)6-16(21(15)22)23-18(27)7-14(10(2)30)20(12)24(13)23/h3-8H,25-28H2,1-2H3. The molecule has 6 heteroatoms. The third-order valence-electron chi connectivity index (χ3n) is 5.93. The van der Waals surface area contributed by atoms with E-state index in [0.717, 1.165) is 37.7 Å². The predicted octanol–water partition coefficient (Wildman–Crippen LogP) is 4.47. The Bertz CT molecular complexity index is 1580. The Balaban J connectivity index is 2.27. The summed E-state index contributed by atoms with van der Waals surface area (Å²) in [6, 6.07) is 10.6. The molecule has 0 aliphatic carbocycles. The summed E-state index contributed by atoms with van der Waals surface area (Å²) in [6.45, 7) is 2.96. The van der Waals surface area contributed by atoms with E-state index in [1.165, 1.54) is 13.8 Å². The van der Waals surface area contributed by atoms with Gasteiger partial charge in [0.25, 0.3) is 0 Å². The maximum atomic E-state index is 12.5. The summed E-state index contributed by atoms with van der Waals surface area (Å²) >= 11 is 0. The van der Waals surface area contributed by atoms with E-state index in [4.69, 9.17) is 22.9 Å². The van der Waals surface area contributed by atoms with E-state index in [1.54, 1.807) is 18.2 Å². The molecular formula is C24H20N4O2. The van der Waals surface area contributed by atoms with Gasteiger partial charge in [0, 0.05) is 66.2 Å². The summed E-state index contributed by atoms with van der Waals surface area (Å²) in [4.78, 5) is 24.9. The second kappa shape index (κ2) is 5.73. The van der Waals surface area contributed by atoms with E-state index in [2.05, 4.69) is 0 Å². The molecule has 5 aromatic carbocycles. The smallest absolute Gasteiger partial charge is 0.160 e. The molecule has 5 aromatic rings. The molecule has 148 valence electrons. The second-order valence-electron chi connectivity index (χ2n) is 7.83. The molecule has 30 heavy (non-hydrogen) atoms. The van der Waals surface area contributed by atoms with Crippen LogP contribution in [0.5, 0.6) is 0 Å². The first-order chi connectivity index (χ1) is 14.2. The van der Waals surface area contributed by atoms with E-state index < -0.39 is 0 Å². The average molecular weight is 396 g/mol. The first-order valence-electron chi connectivity index (χ1n) is 9.53. The van der Waals surface area contributed by atoms with Crippen LogP contribution in [0, 0.1) is 0 Å². The second-order valence-corrected chi connectivity index (χ2v) is 7.83. The molecule has 0 saturated carbocycles. The van der Waals surface area contributed by atoms with Crippen LogP contribution < -0.4 is 22.9 Å². The fourth-order valence-electron chi connectivity index (χ4n) is 4.77. The minimum atomic E-state index is -0.165. The lowest BCUT2D eigenvalue weighted by molar-refractivity contribution is 0.101. The fourth-order valence-corrected chi connectivity index (χ4v) is 4.77. The maximum Gasteiger partial charge on any atom is 0.160 e. The van der Waals surface area contributed by atoms with Gasteiger partial charge in [-0.05, 0) is 48.9 Å². The minimum Gasteiger partial charge on any atom is -0.399 e. The van der Waals surface area contributed by atoms with Gasteiger partial charge >= 0.3 is 0 Å². The van der Waals surface area contributed by atoms with Gasteiger partial charge in [-0.3, -0.25) is 9.59 Å². The van der Waals surface area contributed by atoms with Gasteiger partial charge in [-0.1, -0.05) is 12.1 Å². The number of hydrogen-bond acceptors (Lipinski definition) is 6. The van der Waals surface area contributed by atoms with Crippen LogP contribution in [0.1, 0.15) is 34.6 Å². The Hall–Kier alpha value is -4.06. The van der Waals surface area contributed by atoms with Gasteiger partial charge in [-0.25, -0.2) is 0 Å². The van der Waals surface area contributed by atoms with Crippen LogP contribution in [0.3, 0.4) is 0 Å². The van der Waals surface area contributed by atoms with Crippen molar-refractivity contribution >= 4 is 77.4 Å². The highest BCUT2D eigenvalue weighted by atomic mass is 16.1. The quantitative estimate of drug-likeness (QED) is 0.150. The first-order valence-corrected chi connectivity index (χ1v) is 9.53. The lowest BCUT2D eigenvalue weighted by atomic mass is 9.83. The van der Waals surface area contributed by atoms with Crippen molar-refractivity contribution in [3.8, 4) is 0 Å². The summed E-state index contributed by atoms with van der Waals surface area (Å²) < 4.78 is 0. The number of anilines is 4. The van der Waals surface area contributed by atoms with Crippen molar-refractivity contribution in [2.75, 3.05) is 22.9 Å². The summed E-state index contributed by atoms with van der Waals surface area (Å²) in [5.74, 6) is -0.296. The van der Waals surface area contributed by atoms with Gasteiger partial charge in [0.05, 0.1) is 0 Å². The molecule has 0 spiro atoms. The molecule has 0 unspecified atom stereocenters. The molecule has 0 fully saturated rings. The van der Waals surface area contributed by atoms with Crippen molar-refractivity contribution in [2.45, 2.75) is 13.8 Å². The summed E-state index contributed by atoms with van der Waals surface area (Å²) in [5.41, 5.74) is 28.3. The Morgan fingerprint density at radius 2 is 1.17 bits per heavy atom. The summed E-state index contributed by atoms with van der Waals surface area (Å²) in [5, 5.41) is 6.15. The lowest BCUT2D eigenvalue weighted by Crippen LogP contribution is -2.05. The summed E-state index contributed by atoms with van der Waals surface area (Å²) in [6.07, 6.45) is 0. The highest BCUT2D eigenvalue weighted by Gasteiger charge is 2.23. The molecule has 0 amide bonds. The van der Waals surface area contributed by atoms with Gasteiger partial charge in [0.15, 0.2) is 11.6 Å². The van der Waals surface area contributed by atoms with Crippen molar-refractivity contribution in [2.24, 2.45) is 0 Å². The first kappa shape index (κ1) is 18.0. The average Bonchev–Trinajstić information content (AvgIpc) is 2.67. The van der Waals surface area contributed by atoms with Gasteiger partial charge in [0.1, 0.15) is 0 Å². The number of nitrogen functional groups attached to an aromatic ring is 4. The van der Waals surface area contributed by atoms with Crippen LogP contribution in [0.4, 0.5) is 22.7 Å². The lowest BCUT2D eigenvalue weighted by Gasteiger charge is -2.21. The van der Waals surface area contributed by atoms with Crippen LogP contribution in [0.25, 0.3) is 43.1 Å². The minimum absolute atomic E-state index is 0.131. The number of benzene rings is 5. The predicted molar refractivity (Wildman–Crippen MR) is 125 cm³/mol. The molecule has 0 radical (unpaired) electrons. The van der Waals surface area contributed by atoms with E-state index in [-0.39, 0.29) is 11.6 Å². The zero-order valence-electron chi connectivity index (χ0n) is 16.6. The molecule has 0 aliphatic heterocycles. The Morgan fingerprint density at radius 1 is 0.567 bits per heavy atom. The third kappa shape index (κ3) is 2.13. The van der Waals surface area contributed by atoms with E-state index in [1.807, 2.05) is 18.2 Å². The summed E-state index contributed by atoms with van der Waals surface area (Å²) in [7, 11) is 0. The highest BCUT2D eigenvalue weighted by molar-refractivity contribution is 6.41. The molecule has 5 rings (SSSR count). The highest BCUT2D eigenvalue weighted by Crippen LogP contribution is 2.48. The molecule has 6 nitrogen and oxygen atoms in total. The topological polar surface area (TPSA) is 138 Å². The van der Waals surface area contributed by atoms with Crippen LogP contribution in [-0.4, -0.2) is 11.6 Å². The molecule has 0 bridgehead atoms. The van der Waals surface area contributed by atoms with Crippen LogP contribution in [0.15, 0.2) is 36.4 Å². The van der Waals surface area contributed by atoms with E-state index in [9.17, 15) is 9.59 Å². The number of carbonyl (C=O) groups is 2. The van der Waals surface area contributed by atoms with Gasteiger partial charge in [-0.15, -0.1) is 0 Å². The van der Waals surface area contributed by atoms with Crippen molar-refractivity contribution in [1.82, 2.24) is 0 Å². The zero-order valence-corrected chi connectivity index (χ0v) is 16.6.